The van der Waals surface area contributed by atoms with Gasteiger partial charge in [0.2, 0.25) is 5.91 Å². The van der Waals surface area contributed by atoms with Gasteiger partial charge in [0.1, 0.15) is 0 Å². The van der Waals surface area contributed by atoms with Crippen LogP contribution in [0.1, 0.15) is 34.6 Å². The van der Waals surface area contributed by atoms with Crippen molar-refractivity contribution in [3.05, 3.63) is 12.7 Å². The van der Waals surface area contributed by atoms with Crippen LogP contribution in [0.2, 0.25) is 0 Å². The summed E-state index contributed by atoms with van der Waals surface area (Å²) in [6.07, 6.45) is 1.27. The number of rotatable bonds is 3. The molecule has 0 aliphatic rings. The maximum atomic E-state index is 10.6. The van der Waals surface area contributed by atoms with Crippen LogP contribution in [-0.4, -0.2) is 30.2 Å². The molecule has 2 N–H and O–H groups in total. The maximum Gasteiger partial charge on any atom is 0.265 e. The predicted octanol–water partition coefficient (Wildman–Crippen LogP) is 1.62. The molecule has 17 heavy (non-hydrogen) atoms. The zero-order valence-electron chi connectivity index (χ0n) is 11.1. The van der Waals surface area contributed by atoms with Crippen LogP contribution in [0.15, 0.2) is 12.7 Å². The van der Waals surface area contributed by atoms with E-state index in [2.05, 4.69) is 11.9 Å². The van der Waals surface area contributed by atoms with Gasteiger partial charge in [-0.2, -0.15) is 8.42 Å². The molecule has 0 saturated carbocycles. The number of amides is 1. The third-order valence-electron chi connectivity index (χ3n) is 1.23. The Morgan fingerprint density at radius 3 is 1.88 bits per heavy atom. The Kier molecular flexibility index (Phi) is 8.10. The predicted molar refractivity (Wildman–Crippen MR) is 69.3 cm³/mol. The number of carbonyl (C=O) groups excluding carboxylic acids is 1. The van der Waals surface area contributed by atoms with Gasteiger partial charge in [0.25, 0.3) is 10.1 Å². The van der Waals surface area contributed by atoms with Gasteiger partial charge in [-0.15, -0.1) is 0 Å². The fourth-order valence-corrected chi connectivity index (χ4v) is 1.68. The fraction of sp³-hybridized carbons (Fsp3) is 0.727. The summed E-state index contributed by atoms with van der Waals surface area (Å²) in [5.41, 5.74) is -0.148. The van der Waals surface area contributed by atoms with E-state index in [1.165, 1.54) is 6.08 Å². The zero-order valence-corrected chi connectivity index (χ0v) is 12.0. The van der Waals surface area contributed by atoms with Gasteiger partial charge < -0.3 is 5.32 Å². The van der Waals surface area contributed by atoms with Crippen LogP contribution in [0.25, 0.3) is 0 Å². The van der Waals surface area contributed by atoms with Crippen LogP contribution in [0.5, 0.6) is 0 Å². The summed E-state index contributed by atoms with van der Waals surface area (Å²) in [6.45, 7) is 12.6. The van der Waals surface area contributed by atoms with Gasteiger partial charge in [-0.05, 0) is 32.8 Å². The molecule has 0 aliphatic heterocycles. The lowest BCUT2D eigenvalue weighted by molar-refractivity contribution is -0.117. The van der Waals surface area contributed by atoms with Crippen molar-refractivity contribution in [2.45, 2.75) is 40.2 Å². The van der Waals surface area contributed by atoms with E-state index >= 15 is 0 Å². The highest BCUT2D eigenvalue weighted by molar-refractivity contribution is 7.85. The van der Waals surface area contributed by atoms with E-state index in [1.807, 2.05) is 20.8 Å². The molecule has 0 aromatic heterocycles. The summed E-state index contributed by atoms with van der Waals surface area (Å²) < 4.78 is 28.2. The highest BCUT2D eigenvalue weighted by Crippen LogP contribution is 1.97. The second-order valence-electron chi connectivity index (χ2n) is 5.09. The Labute approximate surface area is 104 Å². The van der Waals surface area contributed by atoms with Crippen LogP contribution in [0, 0.1) is 5.92 Å². The van der Waals surface area contributed by atoms with E-state index in [-0.39, 0.29) is 23.1 Å². The molecule has 0 aromatic carbocycles. The molecule has 0 aromatic rings. The highest BCUT2D eigenvalue weighted by Gasteiger charge is 2.10. The number of carbonyl (C=O) groups is 1. The van der Waals surface area contributed by atoms with Crippen molar-refractivity contribution in [3.63, 3.8) is 0 Å². The highest BCUT2D eigenvalue weighted by atomic mass is 32.2. The van der Waals surface area contributed by atoms with Crippen LogP contribution in [0.3, 0.4) is 0 Å². The Hall–Kier alpha value is -0.880. The average Bonchev–Trinajstić information content (AvgIpc) is 1.96. The van der Waals surface area contributed by atoms with E-state index in [0.29, 0.717) is 0 Å². The van der Waals surface area contributed by atoms with Crippen molar-refractivity contribution < 1.29 is 17.8 Å². The molecule has 0 atom stereocenters. The lowest BCUT2D eigenvalue weighted by Crippen LogP contribution is -2.39. The second-order valence-corrected chi connectivity index (χ2v) is 6.58. The van der Waals surface area contributed by atoms with Gasteiger partial charge in [0.15, 0.2) is 0 Å². The molecule has 6 heteroatoms. The first-order valence-electron chi connectivity index (χ1n) is 5.27. The van der Waals surface area contributed by atoms with Crippen molar-refractivity contribution in [2.24, 2.45) is 5.92 Å². The van der Waals surface area contributed by atoms with Gasteiger partial charge in [0, 0.05) is 5.54 Å². The van der Waals surface area contributed by atoms with Gasteiger partial charge >= 0.3 is 0 Å². The molecular weight excluding hydrogens is 242 g/mol. The Bertz CT molecular complexity index is 339. The van der Waals surface area contributed by atoms with Crippen molar-refractivity contribution >= 4 is 16.0 Å². The van der Waals surface area contributed by atoms with Crippen molar-refractivity contribution in [1.82, 2.24) is 5.32 Å². The van der Waals surface area contributed by atoms with Crippen molar-refractivity contribution in [3.8, 4) is 0 Å². The largest absolute Gasteiger partial charge is 0.348 e. The lowest BCUT2D eigenvalue weighted by Gasteiger charge is -2.18. The molecule has 0 radical (unpaired) electrons. The molecule has 0 bridgehead atoms. The molecule has 0 aliphatic carbocycles. The Morgan fingerprint density at radius 2 is 1.82 bits per heavy atom. The SMILES string of the molecule is C=CC(=O)NC(C)(C)C.CC(C)CS(=O)(=O)O. The molecule has 102 valence electrons. The first-order valence-corrected chi connectivity index (χ1v) is 6.88. The van der Waals surface area contributed by atoms with Gasteiger partial charge in [-0.3, -0.25) is 9.35 Å². The summed E-state index contributed by atoms with van der Waals surface area (Å²) in [4.78, 5) is 10.6. The summed E-state index contributed by atoms with van der Waals surface area (Å²) in [6, 6.07) is 0. The fourth-order valence-electron chi connectivity index (χ4n) is 0.842. The summed E-state index contributed by atoms with van der Waals surface area (Å²) in [7, 11) is -3.72. The van der Waals surface area contributed by atoms with Crippen LogP contribution < -0.4 is 5.32 Å². The van der Waals surface area contributed by atoms with Crippen LogP contribution in [0.4, 0.5) is 0 Å². The number of nitrogens with one attached hydrogen (secondary N) is 1. The number of hydrogen-bond donors (Lipinski definition) is 2. The monoisotopic (exact) mass is 265 g/mol. The summed E-state index contributed by atoms with van der Waals surface area (Å²) in [5.74, 6) is -0.264. The molecule has 0 saturated heterocycles. The van der Waals surface area contributed by atoms with Crippen LogP contribution >= 0.6 is 0 Å². The van der Waals surface area contributed by atoms with E-state index in [1.54, 1.807) is 13.8 Å². The minimum absolute atomic E-state index is 0.00463. The maximum absolute atomic E-state index is 10.6. The normalized spacial score (nSPS) is 11.5. The summed E-state index contributed by atoms with van der Waals surface area (Å²) in [5, 5.41) is 2.71. The zero-order chi connectivity index (χ0) is 14.3. The molecule has 0 heterocycles. The second kappa shape index (κ2) is 7.45. The first kappa shape index (κ1) is 18.5. The van der Waals surface area contributed by atoms with E-state index in [0.717, 1.165) is 0 Å². The third kappa shape index (κ3) is 21.0. The molecule has 1 amide bonds. The Balaban J connectivity index is 0. The standard InChI is InChI=1S/C7H13NO.C4H10O3S/c1-5-6(9)8-7(2,3)4;1-4(2)3-8(5,6)7/h5H,1H2,2-4H3,(H,8,9);4H,3H2,1-2H3,(H,5,6,7). The Morgan fingerprint density at radius 1 is 1.41 bits per heavy atom. The summed E-state index contributed by atoms with van der Waals surface area (Å²) >= 11 is 0. The molecule has 0 spiro atoms. The van der Waals surface area contributed by atoms with E-state index < -0.39 is 10.1 Å². The van der Waals surface area contributed by atoms with Gasteiger partial charge in [-0.25, -0.2) is 0 Å². The minimum Gasteiger partial charge on any atom is -0.348 e. The van der Waals surface area contributed by atoms with Gasteiger partial charge in [-0.1, -0.05) is 20.4 Å². The average molecular weight is 265 g/mol. The van der Waals surface area contributed by atoms with Gasteiger partial charge in [0.05, 0.1) is 5.75 Å². The van der Waals surface area contributed by atoms with Crippen molar-refractivity contribution in [1.29, 1.82) is 0 Å². The van der Waals surface area contributed by atoms with E-state index in [9.17, 15) is 13.2 Å². The molecule has 0 fully saturated rings. The minimum atomic E-state index is -3.72. The van der Waals surface area contributed by atoms with Crippen LogP contribution in [-0.2, 0) is 14.9 Å². The molecule has 0 rings (SSSR count). The first-order chi connectivity index (χ1) is 7.37. The molecular formula is C11H23NO4S. The third-order valence-corrected chi connectivity index (χ3v) is 2.32. The smallest absolute Gasteiger partial charge is 0.265 e. The topological polar surface area (TPSA) is 83.5 Å². The lowest BCUT2D eigenvalue weighted by atomic mass is 10.1. The molecule has 5 nitrogen and oxygen atoms in total. The van der Waals surface area contributed by atoms with E-state index in [4.69, 9.17) is 4.55 Å². The van der Waals surface area contributed by atoms with Crippen molar-refractivity contribution in [2.75, 3.05) is 5.75 Å². The number of hydrogen-bond acceptors (Lipinski definition) is 3. The molecule has 0 unspecified atom stereocenters. The quantitative estimate of drug-likeness (QED) is 0.600.